The van der Waals surface area contributed by atoms with Crippen molar-refractivity contribution in [3.05, 3.63) is 163 Å². The molecule has 0 unspecified atom stereocenters. The molecule has 0 bridgehead atoms. The predicted octanol–water partition coefficient (Wildman–Crippen LogP) is 10.1. The average molecular weight is 569 g/mol. The number of hydrogen-bond acceptors (Lipinski definition) is 4. The van der Waals surface area contributed by atoms with Gasteiger partial charge >= 0.3 is 0 Å². The summed E-state index contributed by atoms with van der Waals surface area (Å²) in [6.45, 7) is 0. The molecule has 0 saturated carbocycles. The van der Waals surface area contributed by atoms with Crippen molar-refractivity contribution in [1.29, 1.82) is 5.26 Å². The van der Waals surface area contributed by atoms with E-state index in [0.717, 1.165) is 50.3 Å². The second-order valence-corrected chi connectivity index (χ2v) is 10.3. The highest BCUT2D eigenvalue weighted by Crippen LogP contribution is 2.44. The van der Waals surface area contributed by atoms with Crippen LogP contribution in [0.4, 0.5) is 21.5 Å². The van der Waals surface area contributed by atoms with Gasteiger partial charge in [0.15, 0.2) is 5.82 Å². The number of hydrogen-bond donors (Lipinski definition) is 0. The summed E-state index contributed by atoms with van der Waals surface area (Å²) in [6, 6.07) is 50.5. The zero-order valence-corrected chi connectivity index (χ0v) is 23.6. The largest absolute Gasteiger partial charge is 0.308 e. The lowest BCUT2D eigenvalue weighted by Gasteiger charge is -2.29. The number of rotatable bonds is 6. The molecule has 4 nitrogen and oxygen atoms in total. The summed E-state index contributed by atoms with van der Waals surface area (Å²) in [5.41, 5.74) is 7.63. The molecule has 7 rings (SSSR count). The van der Waals surface area contributed by atoms with Crippen molar-refractivity contribution < 1.29 is 4.39 Å². The summed E-state index contributed by atoms with van der Waals surface area (Å²) in [6.07, 6.45) is 0. The number of anilines is 3. The van der Waals surface area contributed by atoms with E-state index in [0.29, 0.717) is 17.0 Å². The van der Waals surface area contributed by atoms with Gasteiger partial charge in [0, 0.05) is 33.3 Å². The molecule has 0 atom stereocenters. The van der Waals surface area contributed by atoms with Crippen molar-refractivity contribution in [2.24, 2.45) is 0 Å². The van der Waals surface area contributed by atoms with E-state index in [1.807, 2.05) is 121 Å². The fourth-order valence-corrected chi connectivity index (χ4v) is 5.57. The lowest BCUT2D eigenvalue weighted by molar-refractivity contribution is 0.628. The third-order valence-corrected chi connectivity index (χ3v) is 7.58. The summed E-state index contributed by atoms with van der Waals surface area (Å²) < 4.78 is 14.6. The highest BCUT2D eigenvalue weighted by Gasteiger charge is 2.23. The molecule has 0 spiro atoms. The van der Waals surface area contributed by atoms with Crippen LogP contribution in [0.2, 0.25) is 0 Å². The zero-order chi connectivity index (χ0) is 29.9. The number of halogens is 1. The first-order valence-corrected chi connectivity index (χ1v) is 14.3. The topological polar surface area (TPSA) is 52.8 Å². The van der Waals surface area contributed by atoms with Crippen LogP contribution in [0.5, 0.6) is 0 Å². The molecule has 44 heavy (non-hydrogen) atoms. The first kappa shape index (κ1) is 26.8. The van der Waals surface area contributed by atoms with E-state index < -0.39 is 5.82 Å². The van der Waals surface area contributed by atoms with Crippen LogP contribution in [0.15, 0.2) is 152 Å². The Kier molecular flexibility index (Phi) is 7.08. The molecule has 0 amide bonds. The molecule has 0 saturated heterocycles. The first-order chi connectivity index (χ1) is 21.7. The van der Waals surface area contributed by atoms with Crippen molar-refractivity contribution >= 4 is 28.0 Å². The number of nitrogens with zero attached hydrogens (tertiary/aromatic N) is 4. The molecule has 208 valence electrons. The van der Waals surface area contributed by atoms with Crippen molar-refractivity contribution in [1.82, 2.24) is 9.97 Å². The Labute approximate surface area is 255 Å². The standard InChI is InChI=1S/C39H25FN4/c40-30-24-23-29(26-41)34(25-30)32-19-10-11-21-35(32)44(31-17-8-3-9-18-31)36-22-12-20-33-37(27-13-4-1-5-14-27)42-39(43-38(33)36)28-15-6-2-7-16-28/h1-25H. The van der Waals surface area contributed by atoms with Crippen LogP contribution in [0, 0.1) is 17.1 Å². The van der Waals surface area contributed by atoms with Crippen LogP contribution in [-0.2, 0) is 0 Å². The van der Waals surface area contributed by atoms with Crippen LogP contribution < -0.4 is 4.90 Å². The molecule has 0 aliphatic heterocycles. The maximum Gasteiger partial charge on any atom is 0.160 e. The maximum absolute atomic E-state index is 14.6. The fraction of sp³-hybridized carbons (Fsp3) is 0. The van der Waals surface area contributed by atoms with E-state index in [-0.39, 0.29) is 0 Å². The minimum Gasteiger partial charge on any atom is -0.308 e. The van der Waals surface area contributed by atoms with E-state index in [4.69, 9.17) is 9.97 Å². The summed E-state index contributed by atoms with van der Waals surface area (Å²) in [4.78, 5) is 12.4. The number of benzene rings is 6. The summed E-state index contributed by atoms with van der Waals surface area (Å²) in [5.74, 6) is 0.209. The Morgan fingerprint density at radius 1 is 0.568 bits per heavy atom. The second kappa shape index (κ2) is 11.6. The molecule has 0 radical (unpaired) electrons. The van der Waals surface area contributed by atoms with Gasteiger partial charge in [-0.05, 0) is 42.5 Å². The average Bonchev–Trinajstić information content (AvgIpc) is 3.09. The predicted molar refractivity (Wildman–Crippen MR) is 175 cm³/mol. The van der Waals surface area contributed by atoms with Gasteiger partial charge in [-0.1, -0.05) is 109 Å². The van der Waals surface area contributed by atoms with Gasteiger partial charge in [0.2, 0.25) is 0 Å². The monoisotopic (exact) mass is 568 g/mol. The van der Waals surface area contributed by atoms with Crippen LogP contribution >= 0.6 is 0 Å². The summed E-state index contributed by atoms with van der Waals surface area (Å²) >= 11 is 0. The van der Waals surface area contributed by atoms with Gasteiger partial charge in [0.1, 0.15) is 5.82 Å². The smallest absolute Gasteiger partial charge is 0.160 e. The van der Waals surface area contributed by atoms with Crippen molar-refractivity contribution in [2.75, 3.05) is 4.90 Å². The van der Waals surface area contributed by atoms with Gasteiger partial charge in [-0.3, -0.25) is 0 Å². The molecular formula is C39H25FN4. The minimum absolute atomic E-state index is 0.393. The third kappa shape index (κ3) is 4.95. The van der Waals surface area contributed by atoms with E-state index in [1.54, 1.807) is 0 Å². The molecule has 0 N–H and O–H groups in total. The van der Waals surface area contributed by atoms with E-state index in [9.17, 15) is 9.65 Å². The van der Waals surface area contributed by atoms with Crippen molar-refractivity contribution in [2.45, 2.75) is 0 Å². The highest BCUT2D eigenvalue weighted by molar-refractivity contribution is 6.04. The molecule has 0 aliphatic rings. The zero-order valence-electron chi connectivity index (χ0n) is 23.6. The van der Waals surface area contributed by atoms with E-state index >= 15 is 0 Å². The van der Waals surface area contributed by atoms with Gasteiger partial charge in [-0.15, -0.1) is 0 Å². The number of nitriles is 1. The van der Waals surface area contributed by atoms with Gasteiger partial charge in [-0.2, -0.15) is 5.26 Å². The van der Waals surface area contributed by atoms with Crippen LogP contribution in [0.25, 0.3) is 44.7 Å². The van der Waals surface area contributed by atoms with E-state index in [1.165, 1.54) is 18.2 Å². The fourth-order valence-electron chi connectivity index (χ4n) is 5.57. The van der Waals surface area contributed by atoms with Crippen molar-refractivity contribution in [3.8, 4) is 39.8 Å². The minimum atomic E-state index is -0.405. The normalized spacial score (nSPS) is 10.8. The van der Waals surface area contributed by atoms with Gasteiger partial charge in [0.05, 0.1) is 34.2 Å². The summed E-state index contributed by atoms with van der Waals surface area (Å²) in [7, 11) is 0. The molecule has 0 aliphatic carbocycles. The van der Waals surface area contributed by atoms with Gasteiger partial charge < -0.3 is 4.90 Å². The molecule has 5 heteroatoms. The lowest BCUT2D eigenvalue weighted by Crippen LogP contribution is -2.13. The van der Waals surface area contributed by atoms with Crippen LogP contribution in [0.1, 0.15) is 5.56 Å². The number of fused-ring (bicyclic) bond motifs is 1. The Balaban J connectivity index is 1.56. The van der Waals surface area contributed by atoms with Gasteiger partial charge in [0.25, 0.3) is 0 Å². The Hall–Kier alpha value is -6.12. The van der Waals surface area contributed by atoms with Gasteiger partial charge in [-0.25, -0.2) is 14.4 Å². The highest BCUT2D eigenvalue weighted by atomic mass is 19.1. The maximum atomic E-state index is 14.6. The summed E-state index contributed by atoms with van der Waals surface area (Å²) in [5, 5.41) is 10.8. The van der Waals surface area contributed by atoms with Crippen LogP contribution in [0.3, 0.4) is 0 Å². The molecule has 1 aromatic heterocycles. The molecule has 0 fully saturated rings. The Morgan fingerprint density at radius 3 is 1.93 bits per heavy atom. The number of para-hydroxylation sites is 3. The SMILES string of the molecule is N#Cc1ccc(F)cc1-c1ccccc1N(c1ccccc1)c1cccc2c(-c3ccccc3)nc(-c3ccccc3)nc12. The lowest BCUT2D eigenvalue weighted by atomic mass is 9.97. The van der Waals surface area contributed by atoms with Crippen LogP contribution in [-0.4, -0.2) is 9.97 Å². The Bertz CT molecular complexity index is 2140. The molecular weight excluding hydrogens is 543 g/mol. The molecule has 7 aromatic rings. The van der Waals surface area contributed by atoms with E-state index in [2.05, 4.69) is 23.1 Å². The van der Waals surface area contributed by atoms with Crippen molar-refractivity contribution in [3.63, 3.8) is 0 Å². The second-order valence-electron chi connectivity index (χ2n) is 10.3. The Morgan fingerprint density at radius 2 is 1.20 bits per heavy atom. The first-order valence-electron chi connectivity index (χ1n) is 14.3. The molecule has 1 heterocycles. The quantitative estimate of drug-likeness (QED) is 0.200. The number of aromatic nitrogens is 2. The third-order valence-electron chi connectivity index (χ3n) is 7.58. The molecule has 6 aromatic carbocycles.